The van der Waals surface area contributed by atoms with Crippen molar-refractivity contribution in [1.29, 1.82) is 5.41 Å². The molecular weight excluding hydrogens is 198 g/mol. The third-order valence-corrected chi connectivity index (χ3v) is 2.22. The zero-order chi connectivity index (χ0) is 11.3. The van der Waals surface area contributed by atoms with Gasteiger partial charge in [0.25, 0.3) is 0 Å². The van der Waals surface area contributed by atoms with Crippen LogP contribution in [-0.2, 0) is 6.42 Å². The lowest BCUT2D eigenvalue weighted by molar-refractivity contribution is 0.353. The number of rotatable bonds is 5. The van der Waals surface area contributed by atoms with E-state index in [0.29, 0.717) is 12.0 Å². The molecular formula is C11H14F2N2. The number of nitrogens with one attached hydrogen (secondary N) is 1. The van der Waals surface area contributed by atoms with Crippen LogP contribution in [0.1, 0.15) is 17.0 Å². The van der Waals surface area contributed by atoms with Crippen LogP contribution >= 0.6 is 0 Å². The lowest BCUT2D eigenvalue weighted by Crippen LogP contribution is -2.12. The number of hydrogen-bond donors (Lipinski definition) is 2. The van der Waals surface area contributed by atoms with E-state index in [2.05, 4.69) is 0 Å². The van der Waals surface area contributed by atoms with Crippen molar-refractivity contribution >= 4 is 5.84 Å². The molecule has 15 heavy (non-hydrogen) atoms. The molecule has 4 heteroatoms. The molecule has 0 amide bonds. The van der Waals surface area contributed by atoms with E-state index in [0.717, 1.165) is 5.56 Å². The Bertz CT molecular complexity index is 318. The fraction of sp³-hybridized carbons (Fsp3) is 0.364. The van der Waals surface area contributed by atoms with Gasteiger partial charge in [-0.3, -0.25) is 14.2 Å². The third-order valence-electron chi connectivity index (χ3n) is 2.22. The number of halogens is 2. The summed E-state index contributed by atoms with van der Waals surface area (Å²) in [4.78, 5) is 0. The summed E-state index contributed by atoms with van der Waals surface area (Å²) in [5.41, 5.74) is 6.76. The number of nitrogens with two attached hydrogens (primary N) is 1. The molecule has 0 unspecified atom stereocenters. The van der Waals surface area contributed by atoms with Crippen molar-refractivity contribution in [2.75, 3.05) is 13.3 Å². The average molecular weight is 212 g/mol. The molecule has 0 aliphatic rings. The van der Waals surface area contributed by atoms with E-state index in [1.165, 1.54) is 0 Å². The number of alkyl halides is 2. The fourth-order valence-corrected chi connectivity index (χ4v) is 1.35. The Morgan fingerprint density at radius 1 is 1.20 bits per heavy atom. The Morgan fingerprint density at radius 2 is 1.73 bits per heavy atom. The van der Waals surface area contributed by atoms with Gasteiger partial charge in [0, 0.05) is 12.3 Å². The normalized spacial score (nSPS) is 10.6. The summed E-state index contributed by atoms with van der Waals surface area (Å²) in [6.45, 7) is -1.38. The van der Waals surface area contributed by atoms with Crippen molar-refractivity contribution < 1.29 is 8.78 Å². The van der Waals surface area contributed by atoms with Crippen molar-refractivity contribution in [3.05, 3.63) is 35.4 Å². The molecule has 0 heterocycles. The van der Waals surface area contributed by atoms with Crippen LogP contribution in [0.15, 0.2) is 24.3 Å². The summed E-state index contributed by atoms with van der Waals surface area (Å²) < 4.78 is 24.7. The summed E-state index contributed by atoms with van der Waals surface area (Å²) in [5.74, 6) is -0.591. The second kappa shape index (κ2) is 5.44. The topological polar surface area (TPSA) is 49.9 Å². The Labute approximate surface area is 87.6 Å². The molecule has 0 aliphatic carbocycles. The third kappa shape index (κ3) is 3.31. The predicted octanol–water partition coefficient (Wildman–Crippen LogP) is 2.19. The minimum absolute atomic E-state index is 0.0790. The largest absolute Gasteiger partial charge is 0.387 e. The highest BCUT2D eigenvalue weighted by Crippen LogP contribution is 2.17. The highest BCUT2D eigenvalue weighted by atomic mass is 19.1. The summed E-state index contributed by atoms with van der Waals surface area (Å²) in [5, 5.41) is 7.10. The van der Waals surface area contributed by atoms with Gasteiger partial charge in [-0.25, -0.2) is 0 Å². The molecule has 0 spiro atoms. The molecule has 1 rings (SSSR count). The van der Waals surface area contributed by atoms with Gasteiger partial charge in [0.15, 0.2) is 0 Å². The van der Waals surface area contributed by atoms with E-state index in [1.807, 2.05) is 0 Å². The molecule has 1 aromatic rings. The van der Waals surface area contributed by atoms with Crippen LogP contribution < -0.4 is 5.73 Å². The molecule has 82 valence electrons. The van der Waals surface area contributed by atoms with Crippen LogP contribution in [0.25, 0.3) is 0 Å². The molecule has 0 bridgehead atoms. The van der Waals surface area contributed by atoms with E-state index in [9.17, 15) is 8.78 Å². The minimum atomic E-state index is -0.692. The van der Waals surface area contributed by atoms with E-state index in [1.54, 1.807) is 24.3 Å². The summed E-state index contributed by atoms with van der Waals surface area (Å²) in [6.07, 6.45) is 0.371. The van der Waals surface area contributed by atoms with Crippen molar-refractivity contribution in [3.8, 4) is 0 Å². The second-order valence-electron chi connectivity index (χ2n) is 3.45. The first kappa shape index (κ1) is 11.6. The van der Waals surface area contributed by atoms with Crippen LogP contribution in [0.3, 0.4) is 0 Å². The van der Waals surface area contributed by atoms with Gasteiger partial charge in [0.2, 0.25) is 0 Å². The van der Waals surface area contributed by atoms with Crippen LogP contribution in [-0.4, -0.2) is 19.2 Å². The molecule has 3 N–H and O–H groups in total. The average Bonchev–Trinajstić information content (AvgIpc) is 2.21. The van der Waals surface area contributed by atoms with Gasteiger partial charge in [-0.1, -0.05) is 24.3 Å². The maximum absolute atomic E-state index is 12.4. The van der Waals surface area contributed by atoms with Crippen molar-refractivity contribution in [2.24, 2.45) is 5.73 Å². The monoisotopic (exact) mass is 212 g/mol. The second-order valence-corrected chi connectivity index (χ2v) is 3.45. The predicted molar refractivity (Wildman–Crippen MR) is 56.8 cm³/mol. The molecule has 0 fully saturated rings. The standard InChI is InChI=1S/C11H14F2N2/c12-6-10(7-13)9-3-1-8(2-4-9)5-11(14)15/h1-4,10H,5-7H2,(H3,14,15). The van der Waals surface area contributed by atoms with Crippen LogP contribution in [0.5, 0.6) is 0 Å². The van der Waals surface area contributed by atoms with Crippen molar-refractivity contribution in [3.63, 3.8) is 0 Å². The molecule has 0 radical (unpaired) electrons. The smallest absolute Gasteiger partial charge is 0.0988 e. The fourth-order valence-electron chi connectivity index (χ4n) is 1.35. The molecule has 2 nitrogen and oxygen atoms in total. The number of amidine groups is 1. The molecule has 0 atom stereocenters. The van der Waals surface area contributed by atoms with Gasteiger partial charge < -0.3 is 5.73 Å². The summed E-state index contributed by atoms with van der Waals surface area (Å²) in [6, 6.07) is 6.86. The molecule has 0 saturated heterocycles. The van der Waals surface area contributed by atoms with Crippen LogP contribution in [0, 0.1) is 5.41 Å². The van der Waals surface area contributed by atoms with Crippen molar-refractivity contribution in [1.82, 2.24) is 0 Å². The van der Waals surface area contributed by atoms with Gasteiger partial charge in [0.05, 0.1) is 19.2 Å². The maximum Gasteiger partial charge on any atom is 0.0988 e. The molecule has 1 aromatic carbocycles. The Hall–Kier alpha value is -1.45. The van der Waals surface area contributed by atoms with E-state index in [-0.39, 0.29) is 5.84 Å². The molecule has 0 aliphatic heterocycles. The SMILES string of the molecule is N=C(N)Cc1ccc(C(CF)CF)cc1. The Kier molecular flexibility index (Phi) is 4.21. The zero-order valence-electron chi connectivity index (χ0n) is 8.34. The zero-order valence-corrected chi connectivity index (χ0v) is 8.34. The Morgan fingerprint density at radius 3 is 2.13 bits per heavy atom. The molecule has 0 aromatic heterocycles. The number of benzene rings is 1. The quantitative estimate of drug-likeness (QED) is 0.570. The Balaban J connectivity index is 2.75. The first-order chi connectivity index (χ1) is 7.17. The maximum atomic E-state index is 12.4. The van der Waals surface area contributed by atoms with Gasteiger partial charge in [-0.15, -0.1) is 0 Å². The van der Waals surface area contributed by atoms with Gasteiger partial charge >= 0.3 is 0 Å². The minimum Gasteiger partial charge on any atom is -0.387 e. The summed E-state index contributed by atoms with van der Waals surface area (Å²) in [7, 11) is 0. The van der Waals surface area contributed by atoms with Gasteiger partial charge in [0.1, 0.15) is 0 Å². The van der Waals surface area contributed by atoms with Crippen molar-refractivity contribution in [2.45, 2.75) is 12.3 Å². The van der Waals surface area contributed by atoms with Crippen LogP contribution in [0.2, 0.25) is 0 Å². The lowest BCUT2D eigenvalue weighted by atomic mass is 9.99. The highest BCUT2D eigenvalue weighted by molar-refractivity contribution is 5.79. The first-order valence-corrected chi connectivity index (χ1v) is 4.71. The van der Waals surface area contributed by atoms with E-state index in [4.69, 9.17) is 11.1 Å². The van der Waals surface area contributed by atoms with Gasteiger partial charge in [-0.05, 0) is 11.1 Å². The van der Waals surface area contributed by atoms with Crippen LogP contribution in [0.4, 0.5) is 8.78 Å². The first-order valence-electron chi connectivity index (χ1n) is 4.71. The van der Waals surface area contributed by atoms with E-state index < -0.39 is 19.3 Å². The summed E-state index contributed by atoms with van der Waals surface area (Å²) >= 11 is 0. The lowest BCUT2D eigenvalue weighted by Gasteiger charge is -2.09. The number of hydrogen-bond acceptors (Lipinski definition) is 1. The molecule has 0 saturated carbocycles. The van der Waals surface area contributed by atoms with Gasteiger partial charge in [-0.2, -0.15) is 0 Å². The highest BCUT2D eigenvalue weighted by Gasteiger charge is 2.10. The van der Waals surface area contributed by atoms with E-state index >= 15 is 0 Å².